The van der Waals surface area contributed by atoms with E-state index in [9.17, 15) is 4.79 Å². The molecule has 2 aliphatic rings. The average Bonchev–Trinajstić information content (AvgIpc) is 2.96. The molecule has 2 fully saturated rings. The van der Waals surface area contributed by atoms with Crippen molar-refractivity contribution in [2.24, 2.45) is 0 Å². The second-order valence-corrected chi connectivity index (χ2v) is 3.18. The van der Waals surface area contributed by atoms with Crippen LogP contribution >= 0.6 is 0 Å². The number of hydrogen-bond acceptors (Lipinski definition) is 3. The Bertz CT molecular complexity index is 135. The summed E-state index contributed by atoms with van der Waals surface area (Å²) in [5.74, 6) is -0.981. The van der Waals surface area contributed by atoms with E-state index in [0.29, 0.717) is 0 Å². The lowest BCUT2D eigenvalue weighted by Gasteiger charge is -1.76. The number of ether oxygens (including phenoxy) is 2. The first-order chi connectivity index (χ1) is 7.27. The van der Waals surface area contributed by atoms with Crippen LogP contribution in [0.3, 0.4) is 0 Å². The number of carboxylic acids is 1. The molecule has 0 aromatic heterocycles. The highest BCUT2D eigenvalue weighted by Crippen LogP contribution is 1.98. The third-order valence-electron chi connectivity index (χ3n) is 1.83. The lowest BCUT2D eigenvalue weighted by Crippen LogP contribution is -1.82. The Balaban J connectivity index is 0.000000196. The molecule has 4 nitrogen and oxygen atoms in total. The molecule has 0 aliphatic carbocycles. The summed E-state index contributed by atoms with van der Waals surface area (Å²) in [5.41, 5.74) is 0. The van der Waals surface area contributed by atoms with Gasteiger partial charge < -0.3 is 14.6 Å². The van der Waals surface area contributed by atoms with Gasteiger partial charge in [0.1, 0.15) is 0 Å². The molecule has 2 heterocycles. The normalized spacial score (nSPS) is 18.1. The highest BCUT2D eigenvalue weighted by Gasteiger charge is 1.95. The van der Waals surface area contributed by atoms with E-state index < -0.39 is 5.97 Å². The van der Waals surface area contributed by atoms with E-state index in [1.165, 1.54) is 25.7 Å². The van der Waals surface area contributed by atoms with Crippen LogP contribution in [0, 0.1) is 0 Å². The van der Waals surface area contributed by atoms with Crippen LogP contribution in [0.15, 0.2) is 12.7 Å². The lowest BCUT2D eigenvalue weighted by atomic mass is 10.4. The lowest BCUT2D eigenvalue weighted by molar-refractivity contribution is -0.131. The standard InChI is InChI=1S/2C4H8O.C3H4O2/c2*1-2-4-5-3-1;1-2-3(4)5/h2*1-4H2;2H,1H2,(H,4,5). The largest absolute Gasteiger partial charge is 0.478 e. The maximum Gasteiger partial charge on any atom is 0.327 e. The van der Waals surface area contributed by atoms with Crippen molar-refractivity contribution in [3.63, 3.8) is 0 Å². The fraction of sp³-hybridized carbons (Fsp3) is 0.727. The maximum atomic E-state index is 9.25. The predicted octanol–water partition coefficient (Wildman–Crippen LogP) is 1.85. The molecular formula is C11H20O4. The molecule has 0 atom stereocenters. The molecule has 0 unspecified atom stereocenters. The molecule has 2 rings (SSSR count). The van der Waals surface area contributed by atoms with Crippen molar-refractivity contribution in [1.29, 1.82) is 0 Å². The van der Waals surface area contributed by atoms with Crippen LogP contribution in [0.25, 0.3) is 0 Å². The van der Waals surface area contributed by atoms with Crippen LogP contribution < -0.4 is 0 Å². The third kappa shape index (κ3) is 13.1. The fourth-order valence-electron chi connectivity index (χ4n) is 1.02. The average molecular weight is 216 g/mol. The molecule has 2 aliphatic heterocycles. The molecule has 0 aromatic carbocycles. The zero-order valence-electron chi connectivity index (χ0n) is 9.11. The van der Waals surface area contributed by atoms with E-state index in [1.807, 2.05) is 0 Å². The van der Waals surface area contributed by atoms with Gasteiger partial charge in [0.05, 0.1) is 0 Å². The van der Waals surface area contributed by atoms with Crippen molar-refractivity contribution in [3.8, 4) is 0 Å². The minimum absolute atomic E-state index is 0.833. The molecule has 0 saturated carbocycles. The van der Waals surface area contributed by atoms with Gasteiger partial charge in [-0.15, -0.1) is 0 Å². The van der Waals surface area contributed by atoms with E-state index in [2.05, 4.69) is 6.58 Å². The van der Waals surface area contributed by atoms with Crippen LogP contribution in [0.5, 0.6) is 0 Å². The Morgan fingerprint density at radius 1 is 1.00 bits per heavy atom. The van der Waals surface area contributed by atoms with Gasteiger partial charge in [0.25, 0.3) is 0 Å². The van der Waals surface area contributed by atoms with Gasteiger partial charge in [-0.25, -0.2) is 4.79 Å². The zero-order chi connectivity index (χ0) is 11.4. The van der Waals surface area contributed by atoms with Gasteiger partial charge in [-0.2, -0.15) is 0 Å². The second kappa shape index (κ2) is 11.2. The molecule has 88 valence electrons. The van der Waals surface area contributed by atoms with Gasteiger partial charge in [0, 0.05) is 32.5 Å². The minimum Gasteiger partial charge on any atom is -0.478 e. The molecule has 0 bridgehead atoms. The number of aliphatic carboxylic acids is 1. The Morgan fingerprint density at radius 3 is 1.33 bits per heavy atom. The van der Waals surface area contributed by atoms with Crippen molar-refractivity contribution in [1.82, 2.24) is 0 Å². The number of carbonyl (C=O) groups is 1. The first kappa shape index (κ1) is 14.1. The topological polar surface area (TPSA) is 55.8 Å². The highest BCUT2D eigenvalue weighted by molar-refractivity contribution is 5.78. The van der Waals surface area contributed by atoms with E-state index in [1.54, 1.807) is 0 Å². The predicted molar refractivity (Wildman–Crippen MR) is 57.9 cm³/mol. The third-order valence-corrected chi connectivity index (χ3v) is 1.83. The summed E-state index contributed by atoms with van der Waals surface area (Å²) in [7, 11) is 0. The number of carboxylic acid groups (broad SMARTS) is 1. The first-order valence-corrected chi connectivity index (χ1v) is 5.28. The SMILES string of the molecule is C1CCOC1.C1CCOC1.C=CC(=O)O. The van der Waals surface area contributed by atoms with Crippen LogP contribution in [0.2, 0.25) is 0 Å². The van der Waals surface area contributed by atoms with Gasteiger partial charge in [0.2, 0.25) is 0 Å². The monoisotopic (exact) mass is 216 g/mol. The van der Waals surface area contributed by atoms with Crippen molar-refractivity contribution < 1.29 is 19.4 Å². The Hall–Kier alpha value is -0.870. The zero-order valence-corrected chi connectivity index (χ0v) is 9.11. The van der Waals surface area contributed by atoms with Crippen LogP contribution in [0.1, 0.15) is 25.7 Å². The van der Waals surface area contributed by atoms with Crippen molar-refractivity contribution >= 4 is 5.97 Å². The van der Waals surface area contributed by atoms with Crippen molar-refractivity contribution in [2.75, 3.05) is 26.4 Å². The summed E-state index contributed by atoms with van der Waals surface area (Å²) in [6.07, 6.45) is 5.94. The fourth-order valence-corrected chi connectivity index (χ4v) is 1.02. The quantitative estimate of drug-likeness (QED) is 0.680. The molecule has 4 heteroatoms. The van der Waals surface area contributed by atoms with Gasteiger partial charge in [-0.3, -0.25) is 0 Å². The van der Waals surface area contributed by atoms with Gasteiger partial charge in [-0.05, 0) is 25.7 Å². The summed E-state index contributed by atoms with van der Waals surface area (Å²) in [4.78, 5) is 9.25. The van der Waals surface area contributed by atoms with Gasteiger partial charge in [-0.1, -0.05) is 6.58 Å². The smallest absolute Gasteiger partial charge is 0.327 e. The number of hydrogen-bond donors (Lipinski definition) is 1. The van der Waals surface area contributed by atoms with E-state index >= 15 is 0 Å². The second-order valence-electron chi connectivity index (χ2n) is 3.18. The summed E-state index contributed by atoms with van der Waals surface area (Å²) in [6.45, 7) is 6.96. The summed E-state index contributed by atoms with van der Waals surface area (Å²) < 4.78 is 9.89. The van der Waals surface area contributed by atoms with Crippen LogP contribution in [-0.2, 0) is 14.3 Å². The van der Waals surface area contributed by atoms with E-state index in [0.717, 1.165) is 32.5 Å². The molecule has 0 amide bonds. The maximum absolute atomic E-state index is 9.25. The molecule has 0 aromatic rings. The van der Waals surface area contributed by atoms with Crippen molar-refractivity contribution in [3.05, 3.63) is 12.7 Å². The van der Waals surface area contributed by atoms with E-state index in [-0.39, 0.29) is 0 Å². The molecule has 0 spiro atoms. The van der Waals surface area contributed by atoms with Crippen molar-refractivity contribution in [2.45, 2.75) is 25.7 Å². The molecule has 0 radical (unpaired) electrons. The molecule has 1 N–H and O–H groups in total. The van der Waals surface area contributed by atoms with E-state index in [4.69, 9.17) is 14.6 Å². The molecule has 2 saturated heterocycles. The summed E-state index contributed by atoms with van der Waals surface area (Å²) >= 11 is 0. The molecular weight excluding hydrogens is 196 g/mol. The summed E-state index contributed by atoms with van der Waals surface area (Å²) in [5, 5.41) is 7.60. The van der Waals surface area contributed by atoms with Gasteiger partial charge in [0.15, 0.2) is 0 Å². The Labute approximate surface area is 90.9 Å². The minimum atomic E-state index is -0.981. The molecule has 15 heavy (non-hydrogen) atoms. The highest BCUT2D eigenvalue weighted by atomic mass is 16.5. The van der Waals surface area contributed by atoms with Gasteiger partial charge >= 0.3 is 5.97 Å². The Kier molecular flexibility index (Phi) is 10.6. The Morgan fingerprint density at radius 2 is 1.27 bits per heavy atom. The van der Waals surface area contributed by atoms with Crippen LogP contribution in [-0.4, -0.2) is 37.5 Å². The first-order valence-electron chi connectivity index (χ1n) is 5.28. The van der Waals surface area contributed by atoms with Crippen LogP contribution in [0.4, 0.5) is 0 Å². The number of rotatable bonds is 1. The summed E-state index contributed by atoms with van der Waals surface area (Å²) in [6, 6.07) is 0.